The number of hydrogen-bond donors (Lipinski definition) is 0. The molecular formula is C19H24N2O3S. The van der Waals surface area contributed by atoms with Gasteiger partial charge in [0.1, 0.15) is 9.84 Å². The summed E-state index contributed by atoms with van der Waals surface area (Å²) < 4.78 is 23.3. The molecule has 1 aromatic carbocycles. The number of fused-ring (bicyclic) bond motifs is 1. The van der Waals surface area contributed by atoms with Gasteiger partial charge in [-0.3, -0.25) is 9.78 Å². The molecule has 1 aromatic heterocycles. The Kier molecular flexibility index (Phi) is 4.58. The normalized spacial score (nSPS) is 17.6. The molecule has 25 heavy (non-hydrogen) atoms. The van der Waals surface area contributed by atoms with E-state index < -0.39 is 9.84 Å². The molecule has 2 aromatic rings. The van der Waals surface area contributed by atoms with Crippen molar-refractivity contribution in [2.45, 2.75) is 39.7 Å². The molecule has 2 heterocycles. The Morgan fingerprint density at radius 1 is 1.16 bits per heavy atom. The lowest BCUT2D eigenvalue weighted by Crippen LogP contribution is -2.42. The Bertz CT molecular complexity index is 937. The van der Waals surface area contributed by atoms with Crippen molar-refractivity contribution in [1.29, 1.82) is 0 Å². The maximum Gasteiger partial charge on any atom is 0.254 e. The number of rotatable bonds is 2. The highest BCUT2D eigenvalue weighted by atomic mass is 32.2. The topological polar surface area (TPSA) is 67.3 Å². The molecule has 3 rings (SSSR count). The van der Waals surface area contributed by atoms with E-state index in [2.05, 4.69) is 4.98 Å². The second kappa shape index (κ2) is 6.41. The van der Waals surface area contributed by atoms with Crippen LogP contribution in [0.3, 0.4) is 0 Å². The maximum absolute atomic E-state index is 13.1. The molecule has 0 spiro atoms. The van der Waals surface area contributed by atoms with Gasteiger partial charge in [-0.2, -0.15) is 0 Å². The molecule has 0 unspecified atom stereocenters. The fraction of sp³-hybridized carbons (Fsp3) is 0.474. The Morgan fingerprint density at radius 2 is 1.80 bits per heavy atom. The van der Waals surface area contributed by atoms with E-state index >= 15 is 0 Å². The van der Waals surface area contributed by atoms with Crippen molar-refractivity contribution in [3.8, 4) is 0 Å². The van der Waals surface area contributed by atoms with Gasteiger partial charge in [-0.25, -0.2) is 8.42 Å². The van der Waals surface area contributed by atoms with E-state index in [1.54, 1.807) is 11.9 Å². The molecule has 6 heteroatoms. The molecule has 1 fully saturated rings. The number of sulfone groups is 1. The van der Waals surface area contributed by atoms with Gasteiger partial charge in [0, 0.05) is 24.2 Å². The van der Waals surface area contributed by atoms with Crippen molar-refractivity contribution in [2.75, 3.05) is 18.6 Å². The zero-order valence-electron chi connectivity index (χ0n) is 15.2. The first-order chi connectivity index (χ1) is 11.7. The highest BCUT2D eigenvalue weighted by Gasteiger charge is 2.29. The van der Waals surface area contributed by atoms with Crippen LogP contribution in [0.5, 0.6) is 0 Å². The van der Waals surface area contributed by atoms with E-state index in [4.69, 9.17) is 0 Å². The lowest BCUT2D eigenvalue weighted by molar-refractivity contribution is 0.0723. The van der Waals surface area contributed by atoms with Crippen molar-refractivity contribution in [3.05, 3.63) is 40.6 Å². The summed E-state index contributed by atoms with van der Waals surface area (Å²) in [5, 5.41) is 0.856. The minimum absolute atomic E-state index is 0.0360. The Labute approximate surface area is 149 Å². The van der Waals surface area contributed by atoms with Crippen LogP contribution in [-0.2, 0) is 9.84 Å². The monoisotopic (exact) mass is 360 g/mol. The van der Waals surface area contributed by atoms with E-state index in [1.807, 2.05) is 39.0 Å². The number of amides is 1. The van der Waals surface area contributed by atoms with E-state index in [0.717, 1.165) is 27.7 Å². The van der Waals surface area contributed by atoms with Crippen LogP contribution in [0, 0.1) is 20.8 Å². The molecule has 1 aliphatic heterocycles. The van der Waals surface area contributed by atoms with E-state index in [1.165, 1.54) is 0 Å². The fourth-order valence-electron chi connectivity index (χ4n) is 3.46. The Hall–Kier alpha value is -1.95. The molecule has 0 radical (unpaired) electrons. The van der Waals surface area contributed by atoms with Crippen molar-refractivity contribution in [3.63, 3.8) is 0 Å². The summed E-state index contributed by atoms with van der Waals surface area (Å²) in [6, 6.07) is 5.76. The second-order valence-corrected chi connectivity index (χ2v) is 9.32. The Morgan fingerprint density at radius 3 is 2.44 bits per heavy atom. The van der Waals surface area contributed by atoms with Gasteiger partial charge in [0.25, 0.3) is 5.91 Å². The molecule has 1 aliphatic rings. The van der Waals surface area contributed by atoms with Crippen molar-refractivity contribution >= 4 is 26.6 Å². The van der Waals surface area contributed by atoms with Crippen molar-refractivity contribution in [2.24, 2.45) is 0 Å². The fourth-order valence-corrected chi connectivity index (χ4v) is 4.92. The number of aryl methyl sites for hydroxylation is 3. The second-order valence-electron chi connectivity index (χ2n) is 7.01. The first kappa shape index (κ1) is 17.9. The predicted octanol–water partition coefficient (Wildman–Crippen LogP) is 2.81. The number of pyridine rings is 1. The molecule has 0 N–H and O–H groups in total. The van der Waals surface area contributed by atoms with Crippen LogP contribution in [0.4, 0.5) is 0 Å². The molecule has 1 saturated heterocycles. The lowest BCUT2D eigenvalue weighted by Gasteiger charge is -2.31. The number of benzene rings is 1. The van der Waals surface area contributed by atoms with Gasteiger partial charge in [-0.15, -0.1) is 0 Å². The van der Waals surface area contributed by atoms with Gasteiger partial charge in [0.15, 0.2) is 0 Å². The molecule has 134 valence electrons. The summed E-state index contributed by atoms with van der Waals surface area (Å²) in [5.41, 5.74) is 4.55. The third kappa shape index (κ3) is 3.40. The molecule has 0 bridgehead atoms. The summed E-state index contributed by atoms with van der Waals surface area (Å²) in [6.07, 6.45) is 1.01. The van der Waals surface area contributed by atoms with Crippen LogP contribution in [0.15, 0.2) is 18.2 Å². The van der Waals surface area contributed by atoms with Gasteiger partial charge in [0.05, 0.1) is 22.6 Å². The van der Waals surface area contributed by atoms with Gasteiger partial charge >= 0.3 is 0 Å². The molecular weight excluding hydrogens is 336 g/mol. The molecule has 1 amide bonds. The first-order valence-electron chi connectivity index (χ1n) is 8.55. The number of carbonyl (C=O) groups excluding carboxylic acids is 1. The number of nitrogens with zero attached hydrogens (tertiary/aromatic N) is 2. The van der Waals surface area contributed by atoms with Crippen LogP contribution >= 0.6 is 0 Å². The minimum atomic E-state index is -2.94. The largest absolute Gasteiger partial charge is 0.339 e. The SMILES string of the molecule is Cc1cc(C(=O)N(C)C2CCS(=O)(=O)CC2)c2ccc(C)c(C)c2n1. The first-order valence-corrected chi connectivity index (χ1v) is 10.4. The highest BCUT2D eigenvalue weighted by Crippen LogP contribution is 2.26. The molecule has 5 nitrogen and oxygen atoms in total. The zero-order chi connectivity index (χ0) is 18.4. The average Bonchev–Trinajstić information content (AvgIpc) is 2.56. The molecule has 0 saturated carbocycles. The minimum Gasteiger partial charge on any atom is -0.339 e. The smallest absolute Gasteiger partial charge is 0.254 e. The van der Waals surface area contributed by atoms with Crippen LogP contribution in [0.1, 0.15) is 40.0 Å². The van der Waals surface area contributed by atoms with Gasteiger partial charge in [-0.1, -0.05) is 12.1 Å². The quantitative estimate of drug-likeness (QED) is 0.826. The van der Waals surface area contributed by atoms with E-state index in [0.29, 0.717) is 18.4 Å². The van der Waals surface area contributed by atoms with Gasteiger partial charge < -0.3 is 4.90 Å². The Balaban J connectivity index is 1.98. The van der Waals surface area contributed by atoms with Crippen LogP contribution in [0.25, 0.3) is 10.9 Å². The standard InChI is InChI=1S/C19H24N2O3S/c1-12-5-6-16-17(11-13(2)20-18(16)14(12)3)19(22)21(4)15-7-9-25(23,24)10-8-15/h5-6,11,15H,7-10H2,1-4H3. The summed E-state index contributed by atoms with van der Waals surface area (Å²) in [6.45, 7) is 5.95. The summed E-state index contributed by atoms with van der Waals surface area (Å²) in [4.78, 5) is 19.4. The van der Waals surface area contributed by atoms with Gasteiger partial charge in [0.2, 0.25) is 0 Å². The zero-order valence-corrected chi connectivity index (χ0v) is 16.0. The van der Waals surface area contributed by atoms with E-state index in [-0.39, 0.29) is 23.5 Å². The maximum atomic E-state index is 13.1. The molecule has 0 atom stereocenters. The average molecular weight is 360 g/mol. The van der Waals surface area contributed by atoms with Crippen LogP contribution in [0.2, 0.25) is 0 Å². The van der Waals surface area contributed by atoms with Crippen LogP contribution < -0.4 is 0 Å². The highest BCUT2D eigenvalue weighted by molar-refractivity contribution is 7.91. The van der Waals surface area contributed by atoms with E-state index in [9.17, 15) is 13.2 Å². The third-order valence-corrected chi connectivity index (χ3v) is 6.97. The van der Waals surface area contributed by atoms with Crippen molar-refractivity contribution in [1.82, 2.24) is 9.88 Å². The lowest BCUT2D eigenvalue weighted by atomic mass is 9.99. The third-order valence-electron chi connectivity index (χ3n) is 5.26. The number of hydrogen-bond acceptors (Lipinski definition) is 4. The van der Waals surface area contributed by atoms with Crippen LogP contribution in [-0.4, -0.2) is 48.8 Å². The summed E-state index contributed by atoms with van der Waals surface area (Å²) >= 11 is 0. The molecule has 0 aliphatic carbocycles. The number of aromatic nitrogens is 1. The predicted molar refractivity (Wildman–Crippen MR) is 99.7 cm³/mol. The van der Waals surface area contributed by atoms with Crippen molar-refractivity contribution < 1.29 is 13.2 Å². The summed E-state index contributed by atoms with van der Waals surface area (Å²) in [7, 11) is -1.17. The number of carbonyl (C=O) groups is 1. The van der Waals surface area contributed by atoms with Gasteiger partial charge in [-0.05, 0) is 50.8 Å². The summed E-state index contributed by atoms with van der Waals surface area (Å²) in [5.74, 6) is 0.246.